The van der Waals surface area contributed by atoms with Gasteiger partial charge < -0.3 is 5.11 Å². The average molecular weight is 225 g/mol. The number of aliphatic hydroxyl groups excluding tert-OH is 1. The van der Waals surface area contributed by atoms with Gasteiger partial charge in [0.1, 0.15) is 11.1 Å². The van der Waals surface area contributed by atoms with Gasteiger partial charge in [-0.3, -0.25) is 0 Å². The molecule has 1 heterocycles. The monoisotopic (exact) mass is 225 g/mol. The molecule has 2 nitrogen and oxygen atoms in total. The summed E-state index contributed by atoms with van der Waals surface area (Å²) in [6, 6.07) is 0. The van der Waals surface area contributed by atoms with Crippen LogP contribution >= 0.6 is 11.3 Å². The fourth-order valence-electron chi connectivity index (χ4n) is 2.31. The number of hydrogen-bond donors (Lipinski definition) is 1. The van der Waals surface area contributed by atoms with Gasteiger partial charge in [0.05, 0.1) is 0 Å². The third kappa shape index (κ3) is 2.58. The van der Waals surface area contributed by atoms with Gasteiger partial charge in [0.2, 0.25) is 0 Å². The van der Waals surface area contributed by atoms with E-state index in [-0.39, 0.29) is 6.10 Å². The molecule has 1 atom stereocenters. The summed E-state index contributed by atoms with van der Waals surface area (Å²) in [6.45, 7) is 4.28. The van der Waals surface area contributed by atoms with Gasteiger partial charge in [-0.1, -0.05) is 19.8 Å². The number of nitrogens with zero attached hydrogens (tertiary/aromatic N) is 1. The Balaban J connectivity index is 1.99. The van der Waals surface area contributed by atoms with Crippen LogP contribution in [0.25, 0.3) is 0 Å². The Morgan fingerprint density at radius 2 is 2.07 bits per heavy atom. The molecular formula is C12H19NOS. The van der Waals surface area contributed by atoms with Gasteiger partial charge in [0.15, 0.2) is 0 Å². The van der Waals surface area contributed by atoms with E-state index in [2.05, 4.69) is 11.9 Å². The molecule has 1 aromatic heterocycles. The van der Waals surface area contributed by atoms with Crippen LogP contribution in [0.1, 0.15) is 49.4 Å². The molecule has 0 radical (unpaired) electrons. The number of aromatic nitrogens is 1. The van der Waals surface area contributed by atoms with Crippen LogP contribution in [0.15, 0.2) is 5.38 Å². The first-order valence-electron chi connectivity index (χ1n) is 5.77. The molecule has 1 unspecified atom stereocenters. The molecule has 1 aromatic rings. The van der Waals surface area contributed by atoms with E-state index in [9.17, 15) is 5.11 Å². The van der Waals surface area contributed by atoms with E-state index >= 15 is 0 Å². The molecule has 1 fully saturated rings. The first-order chi connectivity index (χ1) is 7.16. The third-order valence-electron chi connectivity index (χ3n) is 3.40. The maximum Gasteiger partial charge on any atom is 0.122 e. The lowest BCUT2D eigenvalue weighted by Crippen LogP contribution is -2.19. The third-order valence-corrected chi connectivity index (χ3v) is 4.43. The summed E-state index contributed by atoms with van der Waals surface area (Å²) in [7, 11) is 0. The van der Waals surface area contributed by atoms with Crippen molar-refractivity contribution in [1.29, 1.82) is 0 Å². The molecule has 1 aliphatic carbocycles. The largest absolute Gasteiger partial charge is 0.386 e. The predicted molar refractivity (Wildman–Crippen MR) is 62.9 cm³/mol. The predicted octanol–water partition coefficient (Wildman–Crippen LogP) is 3.31. The lowest BCUT2D eigenvalue weighted by molar-refractivity contribution is 0.0752. The lowest BCUT2D eigenvalue weighted by Gasteiger charge is -2.28. The summed E-state index contributed by atoms with van der Waals surface area (Å²) in [5, 5.41) is 13.1. The van der Waals surface area contributed by atoms with Crippen molar-refractivity contribution in [2.75, 3.05) is 0 Å². The van der Waals surface area contributed by atoms with Crippen molar-refractivity contribution < 1.29 is 5.11 Å². The Morgan fingerprint density at radius 3 is 2.60 bits per heavy atom. The molecule has 1 aliphatic rings. The average Bonchev–Trinajstić information content (AvgIpc) is 2.65. The van der Waals surface area contributed by atoms with E-state index < -0.39 is 0 Å². The van der Waals surface area contributed by atoms with Gasteiger partial charge >= 0.3 is 0 Å². The summed E-state index contributed by atoms with van der Waals surface area (Å²) in [4.78, 5) is 4.37. The molecule has 0 bridgehead atoms. The molecule has 15 heavy (non-hydrogen) atoms. The van der Waals surface area contributed by atoms with E-state index in [0.29, 0.717) is 5.92 Å². The summed E-state index contributed by atoms with van der Waals surface area (Å²) in [5.74, 6) is 1.28. The molecule has 1 N–H and O–H groups in total. The molecule has 0 saturated heterocycles. The lowest BCUT2D eigenvalue weighted by atomic mass is 9.80. The van der Waals surface area contributed by atoms with Crippen LogP contribution in [0.5, 0.6) is 0 Å². The quantitative estimate of drug-likeness (QED) is 0.837. The number of rotatable bonds is 2. The Labute approximate surface area is 95.4 Å². The standard InChI is InChI=1S/C12H19NOS/c1-8-3-5-10(6-4-8)11(14)12-13-9(2)7-15-12/h7-8,10-11,14H,3-6H2,1-2H3. The molecule has 0 amide bonds. The Kier molecular flexibility index (Phi) is 3.42. The van der Waals surface area contributed by atoms with Crippen LogP contribution in [0.2, 0.25) is 0 Å². The Hall–Kier alpha value is -0.410. The van der Waals surface area contributed by atoms with Gasteiger partial charge in [0.25, 0.3) is 0 Å². The van der Waals surface area contributed by atoms with Crippen LogP contribution in [0, 0.1) is 18.8 Å². The smallest absolute Gasteiger partial charge is 0.122 e. The number of aliphatic hydroxyl groups is 1. The zero-order valence-electron chi connectivity index (χ0n) is 9.44. The maximum atomic E-state index is 10.2. The molecular weight excluding hydrogens is 206 g/mol. The normalized spacial score (nSPS) is 29.0. The molecule has 84 valence electrons. The van der Waals surface area contributed by atoms with Crippen molar-refractivity contribution in [3.8, 4) is 0 Å². The molecule has 0 aromatic carbocycles. The fraction of sp³-hybridized carbons (Fsp3) is 0.750. The van der Waals surface area contributed by atoms with Crippen LogP contribution in [0.4, 0.5) is 0 Å². The highest BCUT2D eigenvalue weighted by atomic mass is 32.1. The second-order valence-corrected chi connectivity index (χ2v) is 5.68. The van der Waals surface area contributed by atoms with Crippen molar-refractivity contribution >= 4 is 11.3 Å². The number of hydrogen-bond acceptors (Lipinski definition) is 3. The molecule has 0 aliphatic heterocycles. The highest BCUT2D eigenvalue weighted by molar-refractivity contribution is 7.09. The van der Waals surface area contributed by atoms with Crippen molar-refractivity contribution in [2.24, 2.45) is 11.8 Å². The first-order valence-corrected chi connectivity index (χ1v) is 6.65. The summed E-state index contributed by atoms with van der Waals surface area (Å²) >= 11 is 1.59. The van der Waals surface area contributed by atoms with Crippen LogP contribution in [-0.4, -0.2) is 10.1 Å². The van der Waals surface area contributed by atoms with Gasteiger partial charge in [-0.15, -0.1) is 11.3 Å². The summed E-state index contributed by atoms with van der Waals surface area (Å²) in [5.41, 5.74) is 1.03. The topological polar surface area (TPSA) is 33.1 Å². The minimum absolute atomic E-state index is 0.323. The number of thiazole rings is 1. The highest BCUT2D eigenvalue weighted by Gasteiger charge is 2.27. The summed E-state index contributed by atoms with van der Waals surface area (Å²) in [6.07, 6.45) is 4.50. The van der Waals surface area contributed by atoms with Crippen molar-refractivity contribution in [2.45, 2.75) is 45.6 Å². The van der Waals surface area contributed by atoms with E-state index in [4.69, 9.17) is 0 Å². The van der Waals surface area contributed by atoms with Crippen LogP contribution in [0.3, 0.4) is 0 Å². The Morgan fingerprint density at radius 1 is 1.40 bits per heavy atom. The Bertz CT molecular complexity index is 315. The van der Waals surface area contributed by atoms with Crippen LogP contribution < -0.4 is 0 Å². The fourth-order valence-corrected chi connectivity index (χ4v) is 3.18. The highest BCUT2D eigenvalue weighted by Crippen LogP contribution is 2.37. The molecule has 1 saturated carbocycles. The van der Waals surface area contributed by atoms with Crippen LogP contribution in [-0.2, 0) is 0 Å². The second kappa shape index (κ2) is 4.62. The number of aryl methyl sites for hydroxylation is 1. The molecule has 0 spiro atoms. The molecule has 3 heteroatoms. The minimum atomic E-state index is -0.323. The second-order valence-electron chi connectivity index (χ2n) is 4.79. The minimum Gasteiger partial charge on any atom is -0.386 e. The maximum absolute atomic E-state index is 10.2. The zero-order chi connectivity index (χ0) is 10.8. The van der Waals surface area contributed by atoms with Gasteiger partial charge in [-0.25, -0.2) is 4.98 Å². The molecule has 2 rings (SSSR count). The van der Waals surface area contributed by atoms with Crippen molar-refractivity contribution in [3.05, 3.63) is 16.1 Å². The van der Waals surface area contributed by atoms with E-state index in [0.717, 1.165) is 29.5 Å². The van der Waals surface area contributed by atoms with Gasteiger partial charge in [-0.05, 0) is 31.6 Å². The van der Waals surface area contributed by atoms with E-state index in [1.807, 2.05) is 12.3 Å². The first kappa shape index (κ1) is 11.1. The summed E-state index contributed by atoms with van der Waals surface area (Å²) < 4.78 is 0. The van der Waals surface area contributed by atoms with E-state index in [1.165, 1.54) is 12.8 Å². The zero-order valence-corrected chi connectivity index (χ0v) is 10.3. The van der Waals surface area contributed by atoms with E-state index in [1.54, 1.807) is 11.3 Å². The van der Waals surface area contributed by atoms with Gasteiger partial charge in [-0.2, -0.15) is 0 Å². The van der Waals surface area contributed by atoms with Crippen molar-refractivity contribution in [1.82, 2.24) is 4.98 Å². The van der Waals surface area contributed by atoms with Gasteiger partial charge in [0, 0.05) is 11.1 Å². The SMILES string of the molecule is Cc1csc(C(O)C2CCC(C)CC2)n1. The van der Waals surface area contributed by atoms with Crippen molar-refractivity contribution in [3.63, 3.8) is 0 Å².